The molecule has 0 bridgehead atoms. The summed E-state index contributed by atoms with van der Waals surface area (Å²) >= 11 is 0. The van der Waals surface area contributed by atoms with Crippen LogP contribution in [-0.2, 0) is 6.54 Å². The van der Waals surface area contributed by atoms with Crippen molar-refractivity contribution >= 4 is 11.7 Å². The normalized spacial score (nSPS) is 10.5. The summed E-state index contributed by atoms with van der Waals surface area (Å²) in [6, 6.07) is 5.07. The van der Waals surface area contributed by atoms with E-state index in [1.165, 1.54) is 0 Å². The Hall–Kier alpha value is -1.55. The van der Waals surface area contributed by atoms with Crippen LogP contribution >= 0.6 is 0 Å². The molecule has 0 fully saturated rings. The first kappa shape index (κ1) is 10.5. The summed E-state index contributed by atoms with van der Waals surface area (Å²) in [5, 5.41) is 8.83. The molecule has 0 heterocycles. The second-order valence-electron chi connectivity index (χ2n) is 3.46. The summed E-state index contributed by atoms with van der Waals surface area (Å²) in [5.74, 6) is -0.983. The van der Waals surface area contributed by atoms with Crippen molar-refractivity contribution in [3.05, 3.63) is 29.3 Å². The summed E-state index contributed by atoms with van der Waals surface area (Å²) < 4.78 is 0. The van der Waals surface area contributed by atoms with Crippen LogP contribution in [0.5, 0.6) is 0 Å². The van der Waals surface area contributed by atoms with Crippen molar-refractivity contribution in [2.24, 2.45) is 0 Å². The number of carboxylic acids is 1. The van der Waals surface area contributed by atoms with E-state index in [1.54, 1.807) is 12.1 Å². The topological polar surface area (TPSA) is 66.6 Å². The third-order valence-corrected chi connectivity index (χ3v) is 1.85. The molecule has 0 aliphatic heterocycles. The van der Waals surface area contributed by atoms with E-state index < -0.39 is 5.97 Å². The van der Waals surface area contributed by atoms with Gasteiger partial charge in [0, 0.05) is 12.2 Å². The van der Waals surface area contributed by atoms with Crippen LogP contribution in [0, 0.1) is 0 Å². The Kier molecular flexibility index (Phi) is 3.09. The molecule has 1 aromatic carbocycles. The SMILES string of the molecule is CN(C)Cc1ccc(N)c(C(=O)O)c1. The van der Waals surface area contributed by atoms with Gasteiger partial charge in [0.05, 0.1) is 5.56 Å². The third-order valence-electron chi connectivity index (χ3n) is 1.85. The number of carboxylic acid groups (broad SMARTS) is 1. The lowest BCUT2D eigenvalue weighted by Gasteiger charge is -2.10. The standard InChI is InChI=1S/C10H14N2O2/c1-12(2)6-7-3-4-9(11)8(5-7)10(13)14/h3-5H,6,11H2,1-2H3,(H,13,14). The lowest BCUT2D eigenvalue weighted by molar-refractivity contribution is 0.0698. The molecule has 0 unspecified atom stereocenters. The summed E-state index contributed by atoms with van der Waals surface area (Å²) in [6.45, 7) is 0.709. The molecule has 1 aromatic rings. The quantitative estimate of drug-likeness (QED) is 0.705. The van der Waals surface area contributed by atoms with Crippen molar-refractivity contribution in [3.8, 4) is 0 Å². The number of carbonyl (C=O) groups is 1. The van der Waals surface area contributed by atoms with Gasteiger partial charge < -0.3 is 15.7 Å². The molecule has 3 N–H and O–H groups in total. The highest BCUT2D eigenvalue weighted by Crippen LogP contribution is 2.14. The summed E-state index contributed by atoms with van der Waals surface area (Å²) in [7, 11) is 3.85. The van der Waals surface area contributed by atoms with Gasteiger partial charge in [0.1, 0.15) is 0 Å². The first-order valence-electron chi connectivity index (χ1n) is 4.27. The van der Waals surface area contributed by atoms with Gasteiger partial charge >= 0.3 is 5.97 Å². The van der Waals surface area contributed by atoms with Gasteiger partial charge in [0.15, 0.2) is 0 Å². The third kappa shape index (κ3) is 2.47. The van der Waals surface area contributed by atoms with Crippen molar-refractivity contribution < 1.29 is 9.90 Å². The van der Waals surface area contributed by atoms with Gasteiger partial charge in [-0.15, -0.1) is 0 Å². The molecule has 0 atom stereocenters. The molecule has 0 aromatic heterocycles. The number of hydrogen-bond acceptors (Lipinski definition) is 3. The predicted molar refractivity (Wildman–Crippen MR) is 55.2 cm³/mol. The second-order valence-corrected chi connectivity index (χ2v) is 3.46. The highest BCUT2D eigenvalue weighted by atomic mass is 16.4. The zero-order chi connectivity index (χ0) is 10.7. The van der Waals surface area contributed by atoms with Crippen LogP contribution in [0.2, 0.25) is 0 Å². The molecule has 76 valence electrons. The monoisotopic (exact) mass is 194 g/mol. The van der Waals surface area contributed by atoms with Crippen LogP contribution in [0.25, 0.3) is 0 Å². The maximum Gasteiger partial charge on any atom is 0.337 e. The van der Waals surface area contributed by atoms with Gasteiger partial charge in [-0.25, -0.2) is 4.79 Å². The van der Waals surface area contributed by atoms with Gasteiger partial charge in [0.25, 0.3) is 0 Å². The Bertz CT molecular complexity index is 348. The van der Waals surface area contributed by atoms with E-state index >= 15 is 0 Å². The molecule has 0 aliphatic carbocycles. The Morgan fingerprint density at radius 2 is 2.14 bits per heavy atom. The average molecular weight is 194 g/mol. The molecule has 4 heteroatoms. The molecule has 0 radical (unpaired) electrons. The van der Waals surface area contributed by atoms with E-state index in [1.807, 2.05) is 25.1 Å². The van der Waals surface area contributed by atoms with Gasteiger partial charge in [-0.3, -0.25) is 0 Å². The van der Waals surface area contributed by atoms with Crippen LogP contribution < -0.4 is 5.73 Å². The van der Waals surface area contributed by atoms with Gasteiger partial charge in [0.2, 0.25) is 0 Å². The number of nitrogen functional groups attached to an aromatic ring is 1. The maximum atomic E-state index is 10.8. The molecule has 1 rings (SSSR count). The van der Waals surface area contributed by atoms with Crippen molar-refractivity contribution in [2.75, 3.05) is 19.8 Å². The van der Waals surface area contributed by atoms with Crippen molar-refractivity contribution in [3.63, 3.8) is 0 Å². The predicted octanol–water partition coefficient (Wildman–Crippen LogP) is 1.03. The number of aromatic carboxylic acids is 1. The smallest absolute Gasteiger partial charge is 0.337 e. The van der Waals surface area contributed by atoms with Crippen molar-refractivity contribution in [1.82, 2.24) is 4.90 Å². The highest BCUT2D eigenvalue weighted by Gasteiger charge is 2.08. The van der Waals surface area contributed by atoms with Gasteiger partial charge in [-0.05, 0) is 31.8 Å². The number of nitrogens with two attached hydrogens (primary N) is 1. The fourth-order valence-corrected chi connectivity index (χ4v) is 1.25. The summed E-state index contributed by atoms with van der Waals surface area (Å²) in [6.07, 6.45) is 0. The zero-order valence-corrected chi connectivity index (χ0v) is 8.32. The van der Waals surface area contributed by atoms with E-state index in [0.717, 1.165) is 5.56 Å². The minimum atomic E-state index is -0.983. The molecule has 14 heavy (non-hydrogen) atoms. The summed E-state index contributed by atoms with van der Waals surface area (Å²) in [4.78, 5) is 12.7. The summed E-state index contributed by atoms with van der Waals surface area (Å²) in [5.41, 5.74) is 6.95. The van der Waals surface area contributed by atoms with E-state index in [-0.39, 0.29) is 5.56 Å². The lowest BCUT2D eigenvalue weighted by Crippen LogP contribution is -2.12. The van der Waals surface area contributed by atoms with E-state index in [2.05, 4.69) is 0 Å². The van der Waals surface area contributed by atoms with Crippen LogP contribution in [-0.4, -0.2) is 30.1 Å². The maximum absolute atomic E-state index is 10.8. The lowest BCUT2D eigenvalue weighted by atomic mass is 10.1. The first-order chi connectivity index (χ1) is 6.50. The fraction of sp³-hybridized carbons (Fsp3) is 0.300. The Balaban J connectivity index is 3.00. The largest absolute Gasteiger partial charge is 0.478 e. The van der Waals surface area contributed by atoms with E-state index in [0.29, 0.717) is 12.2 Å². The van der Waals surface area contributed by atoms with Crippen LogP contribution in [0.3, 0.4) is 0 Å². The van der Waals surface area contributed by atoms with Crippen molar-refractivity contribution in [1.29, 1.82) is 0 Å². The number of anilines is 1. The molecule has 0 amide bonds. The Labute approximate surface area is 82.9 Å². The fourth-order valence-electron chi connectivity index (χ4n) is 1.25. The number of hydrogen-bond donors (Lipinski definition) is 2. The molecule has 0 saturated carbocycles. The Morgan fingerprint density at radius 3 is 2.64 bits per heavy atom. The number of benzene rings is 1. The minimum absolute atomic E-state index is 0.171. The molecule has 0 aliphatic rings. The second kappa shape index (κ2) is 4.11. The van der Waals surface area contributed by atoms with Crippen LogP contribution in [0.1, 0.15) is 15.9 Å². The first-order valence-corrected chi connectivity index (χ1v) is 4.27. The molecular weight excluding hydrogens is 180 g/mol. The average Bonchev–Trinajstić information content (AvgIpc) is 2.07. The Morgan fingerprint density at radius 1 is 1.50 bits per heavy atom. The van der Waals surface area contributed by atoms with Gasteiger partial charge in [-0.1, -0.05) is 6.07 Å². The number of rotatable bonds is 3. The van der Waals surface area contributed by atoms with Crippen molar-refractivity contribution in [2.45, 2.75) is 6.54 Å². The van der Waals surface area contributed by atoms with E-state index in [4.69, 9.17) is 10.8 Å². The van der Waals surface area contributed by atoms with Crippen LogP contribution in [0.15, 0.2) is 18.2 Å². The molecule has 0 saturated heterocycles. The zero-order valence-electron chi connectivity index (χ0n) is 8.32. The van der Waals surface area contributed by atoms with Gasteiger partial charge in [-0.2, -0.15) is 0 Å². The molecular formula is C10H14N2O2. The minimum Gasteiger partial charge on any atom is -0.478 e. The molecule has 0 spiro atoms. The van der Waals surface area contributed by atoms with Crippen LogP contribution in [0.4, 0.5) is 5.69 Å². The highest BCUT2D eigenvalue weighted by molar-refractivity contribution is 5.93. The van der Waals surface area contributed by atoms with E-state index in [9.17, 15) is 4.79 Å². The number of nitrogens with zero attached hydrogens (tertiary/aromatic N) is 1. The molecule has 4 nitrogen and oxygen atoms in total.